The molecule has 3 heteroatoms. The highest BCUT2D eigenvalue weighted by Gasteiger charge is 1.77. The van der Waals surface area contributed by atoms with Crippen LogP contribution in [-0.2, 0) is 4.79 Å². The molecular formula is C4H14N2O. The molecule has 0 fully saturated rings. The Morgan fingerprint density at radius 2 is 1.57 bits per heavy atom. The molecule has 0 aromatic heterocycles. The van der Waals surface area contributed by atoms with Gasteiger partial charge in [-0.05, 0) is 0 Å². The van der Waals surface area contributed by atoms with Gasteiger partial charge in [-0.25, -0.2) is 0 Å². The van der Waals surface area contributed by atoms with Crippen LogP contribution in [0.5, 0.6) is 0 Å². The van der Waals surface area contributed by atoms with E-state index in [2.05, 4.69) is 5.73 Å². The smallest absolute Gasteiger partial charge is 0.231 e. The summed E-state index contributed by atoms with van der Waals surface area (Å²) in [6.45, 7) is -0.0556. The first kappa shape index (κ1) is 16.1. The average Bonchev–Trinajstić information content (AvgIpc) is 1.38. The number of nitrogens with two attached hydrogens (primary N) is 2. The molecule has 0 unspecified atom stereocenters. The van der Waals surface area contributed by atoms with E-state index in [0.29, 0.717) is 0 Å². The highest BCUT2D eigenvalue weighted by Crippen LogP contribution is 1.36. The molecule has 0 radical (unpaired) electrons. The van der Waals surface area contributed by atoms with Crippen molar-refractivity contribution in [3.05, 3.63) is 0 Å². The lowest BCUT2D eigenvalue weighted by Gasteiger charge is -1.74. The van der Waals surface area contributed by atoms with Crippen molar-refractivity contribution in [3.63, 3.8) is 0 Å². The standard InChI is InChI=1S/C2H6N2O.2CH4/c3-1-2(4)5;;/h1,3H2,(H2,4,5);2*1H4. The zero-order chi connectivity index (χ0) is 4.28. The molecule has 1 amide bonds. The van der Waals surface area contributed by atoms with Crippen LogP contribution >= 0.6 is 0 Å². The van der Waals surface area contributed by atoms with Crippen LogP contribution in [0.1, 0.15) is 14.9 Å². The topological polar surface area (TPSA) is 69.1 Å². The number of amides is 1. The fourth-order valence-corrected chi connectivity index (χ4v) is 0. The molecule has 0 saturated heterocycles. The minimum Gasteiger partial charge on any atom is -0.369 e. The van der Waals surface area contributed by atoms with Gasteiger partial charge in [-0.2, -0.15) is 0 Å². The van der Waals surface area contributed by atoms with Crippen LogP contribution in [0.25, 0.3) is 0 Å². The van der Waals surface area contributed by atoms with Gasteiger partial charge in [0.05, 0.1) is 6.54 Å². The van der Waals surface area contributed by atoms with E-state index in [1.165, 1.54) is 0 Å². The van der Waals surface area contributed by atoms with Crippen LogP contribution in [0.15, 0.2) is 0 Å². The van der Waals surface area contributed by atoms with Crippen molar-refractivity contribution in [1.29, 1.82) is 0 Å². The maximum absolute atomic E-state index is 9.47. The van der Waals surface area contributed by atoms with Crippen LogP contribution < -0.4 is 11.5 Å². The van der Waals surface area contributed by atoms with Gasteiger partial charge in [-0.1, -0.05) is 14.9 Å². The summed E-state index contributed by atoms with van der Waals surface area (Å²) >= 11 is 0. The summed E-state index contributed by atoms with van der Waals surface area (Å²) in [7, 11) is 0. The molecule has 3 nitrogen and oxygen atoms in total. The Labute approximate surface area is 44.7 Å². The lowest BCUT2D eigenvalue weighted by molar-refractivity contribution is -0.116. The molecule has 0 rings (SSSR count). The third kappa shape index (κ3) is 31.2. The Hall–Kier alpha value is -0.570. The number of hydrogen-bond acceptors (Lipinski definition) is 2. The second kappa shape index (κ2) is 9.06. The van der Waals surface area contributed by atoms with E-state index < -0.39 is 5.91 Å². The summed E-state index contributed by atoms with van der Waals surface area (Å²) in [4.78, 5) is 9.47. The third-order valence-corrected chi connectivity index (χ3v) is 0.201. The first-order valence-corrected chi connectivity index (χ1v) is 1.25. The van der Waals surface area contributed by atoms with E-state index in [-0.39, 0.29) is 21.4 Å². The van der Waals surface area contributed by atoms with Gasteiger partial charge in [-0.15, -0.1) is 0 Å². The van der Waals surface area contributed by atoms with Gasteiger partial charge in [0, 0.05) is 0 Å². The monoisotopic (exact) mass is 106 g/mol. The molecule has 0 spiro atoms. The number of hydrogen-bond donors (Lipinski definition) is 2. The minimum absolute atomic E-state index is 0. The summed E-state index contributed by atoms with van der Waals surface area (Å²) in [5.41, 5.74) is 9.22. The Morgan fingerprint density at radius 1 is 1.43 bits per heavy atom. The zero-order valence-corrected chi connectivity index (χ0v) is 2.77. The SMILES string of the molecule is C.C.NCC(N)=O. The van der Waals surface area contributed by atoms with Gasteiger partial charge in [0.1, 0.15) is 0 Å². The number of carbonyl (C=O) groups excluding carboxylic acids is 1. The largest absolute Gasteiger partial charge is 0.369 e. The van der Waals surface area contributed by atoms with Crippen LogP contribution in [0.4, 0.5) is 0 Å². The molecule has 0 aliphatic rings. The molecule has 46 valence electrons. The second-order valence-corrected chi connectivity index (χ2v) is 0.670. The highest BCUT2D eigenvalue weighted by atomic mass is 16.1. The van der Waals surface area contributed by atoms with Crippen molar-refractivity contribution in [2.75, 3.05) is 6.54 Å². The van der Waals surface area contributed by atoms with E-state index >= 15 is 0 Å². The van der Waals surface area contributed by atoms with E-state index in [9.17, 15) is 4.79 Å². The van der Waals surface area contributed by atoms with Crippen LogP contribution in [-0.4, -0.2) is 12.5 Å². The van der Waals surface area contributed by atoms with E-state index in [0.717, 1.165) is 0 Å². The molecule has 0 aromatic rings. The van der Waals surface area contributed by atoms with Gasteiger partial charge < -0.3 is 11.5 Å². The summed E-state index contributed by atoms with van der Waals surface area (Å²) in [5.74, 6) is -0.468. The molecule has 0 heterocycles. The molecule has 0 aromatic carbocycles. The fraction of sp³-hybridized carbons (Fsp3) is 0.750. The van der Waals surface area contributed by atoms with Crippen molar-refractivity contribution in [3.8, 4) is 0 Å². The Bertz CT molecular complexity index is 45.0. The summed E-state index contributed by atoms with van der Waals surface area (Å²) in [5, 5.41) is 0. The van der Waals surface area contributed by atoms with Crippen molar-refractivity contribution in [1.82, 2.24) is 0 Å². The average molecular weight is 106 g/mol. The number of rotatable bonds is 1. The molecule has 0 aliphatic heterocycles. The maximum atomic E-state index is 9.47. The quantitative estimate of drug-likeness (QED) is 0.482. The van der Waals surface area contributed by atoms with Gasteiger partial charge in [0.2, 0.25) is 5.91 Å². The normalized spacial score (nSPS) is 5.29. The van der Waals surface area contributed by atoms with Crippen molar-refractivity contribution >= 4 is 5.91 Å². The molecule has 0 aliphatic carbocycles. The molecule has 0 saturated carbocycles. The Kier molecular flexibility index (Phi) is 20.9. The van der Waals surface area contributed by atoms with Crippen LogP contribution in [0, 0.1) is 0 Å². The number of primary amides is 1. The maximum Gasteiger partial charge on any atom is 0.231 e. The lowest BCUT2D eigenvalue weighted by Crippen LogP contribution is -2.21. The predicted molar refractivity (Wildman–Crippen MR) is 31.7 cm³/mol. The van der Waals surface area contributed by atoms with Gasteiger partial charge in [-0.3, -0.25) is 4.79 Å². The lowest BCUT2D eigenvalue weighted by atomic mass is 10.7. The zero-order valence-electron chi connectivity index (χ0n) is 2.77. The van der Waals surface area contributed by atoms with E-state index in [1.807, 2.05) is 0 Å². The molecule has 7 heavy (non-hydrogen) atoms. The predicted octanol–water partition coefficient (Wildman–Crippen LogP) is -0.297. The Balaban J connectivity index is -0.0000000800. The molecular weight excluding hydrogens is 92.1 g/mol. The fourth-order valence-electron chi connectivity index (χ4n) is 0. The van der Waals surface area contributed by atoms with Gasteiger partial charge in [0.25, 0.3) is 0 Å². The summed E-state index contributed by atoms with van der Waals surface area (Å²) in [6.07, 6.45) is 0. The first-order chi connectivity index (χ1) is 2.27. The minimum atomic E-state index is -0.468. The van der Waals surface area contributed by atoms with Crippen molar-refractivity contribution in [2.45, 2.75) is 14.9 Å². The molecule has 4 N–H and O–H groups in total. The summed E-state index contributed by atoms with van der Waals surface area (Å²) < 4.78 is 0. The number of carbonyl (C=O) groups is 1. The second-order valence-electron chi connectivity index (χ2n) is 0.670. The van der Waals surface area contributed by atoms with Crippen molar-refractivity contribution < 1.29 is 4.79 Å². The van der Waals surface area contributed by atoms with E-state index in [1.54, 1.807) is 0 Å². The Morgan fingerprint density at radius 3 is 1.57 bits per heavy atom. The van der Waals surface area contributed by atoms with Crippen molar-refractivity contribution in [2.24, 2.45) is 11.5 Å². The molecule has 0 atom stereocenters. The molecule has 0 bridgehead atoms. The van der Waals surface area contributed by atoms with Crippen LogP contribution in [0.3, 0.4) is 0 Å². The highest BCUT2D eigenvalue weighted by molar-refractivity contribution is 5.75. The van der Waals surface area contributed by atoms with Crippen LogP contribution in [0.2, 0.25) is 0 Å². The summed E-state index contributed by atoms with van der Waals surface area (Å²) in [6, 6.07) is 0. The van der Waals surface area contributed by atoms with Gasteiger partial charge in [0.15, 0.2) is 0 Å². The van der Waals surface area contributed by atoms with E-state index in [4.69, 9.17) is 5.73 Å². The third-order valence-electron chi connectivity index (χ3n) is 0.201. The first-order valence-electron chi connectivity index (χ1n) is 1.25. The van der Waals surface area contributed by atoms with Gasteiger partial charge >= 0.3 is 0 Å².